The van der Waals surface area contributed by atoms with Crippen molar-refractivity contribution in [1.82, 2.24) is 0 Å². The summed E-state index contributed by atoms with van der Waals surface area (Å²) < 4.78 is 13.0. The average Bonchev–Trinajstić information content (AvgIpc) is 3.13. The highest BCUT2D eigenvalue weighted by molar-refractivity contribution is 5.28. The summed E-state index contributed by atoms with van der Waals surface area (Å²) in [7, 11) is 0. The Morgan fingerprint density at radius 2 is 1.91 bits per heavy atom. The summed E-state index contributed by atoms with van der Waals surface area (Å²) in [4.78, 5) is 0. The number of fused-ring (bicyclic) bond motifs is 7. The van der Waals surface area contributed by atoms with Crippen molar-refractivity contribution in [3.63, 3.8) is 0 Å². The molecule has 5 heteroatoms. The molecule has 4 aliphatic carbocycles. The van der Waals surface area contributed by atoms with Crippen LogP contribution in [0.1, 0.15) is 78.6 Å². The van der Waals surface area contributed by atoms with Crippen molar-refractivity contribution < 1.29 is 24.8 Å². The van der Waals surface area contributed by atoms with E-state index in [1.165, 1.54) is 5.57 Å². The molecule has 11 atom stereocenters. The second kappa shape index (κ2) is 7.04. The van der Waals surface area contributed by atoms with E-state index in [0.29, 0.717) is 24.4 Å². The minimum atomic E-state index is -0.859. The molecule has 2 aliphatic heterocycles. The summed E-state index contributed by atoms with van der Waals surface area (Å²) in [5, 5.41) is 32.2. The Bertz CT molecular complexity index is 802. The Balaban J connectivity index is 1.30. The lowest BCUT2D eigenvalue weighted by Gasteiger charge is -2.59. The zero-order chi connectivity index (χ0) is 22.5. The number of ether oxygens (including phenoxy) is 2. The van der Waals surface area contributed by atoms with Gasteiger partial charge in [-0.15, -0.1) is 0 Å². The van der Waals surface area contributed by atoms with Gasteiger partial charge < -0.3 is 24.8 Å². The molecule has 3 saturated carbocycles. The molecular formula is C27H42O5. The third kappa shape index (κ3) is 2.58. The minimum absolute atomic E-state index is 0.0682. The molecule has 0 aromatic heterocycles. The van der Waals surface area contributed by atoms with Gasteiger partial charge >= 0.3 is 0 Å². The molecular weight excluding hydrogens is 404 g/mol. The number of hydrogen-bond donors (Lipinski definition) is 3. The zero-order valence-electron chi connectivity index (χ0n) is 20.1. The first-order valence-electron chi connectivity index (χ1n) is 13.2. The van der Waals surface area contributed by atoms with Crippen LogP contribution in [-0.2, 0) is 9.47 Å². The second-order valence-electron chi connectivity index (χ2n) is 12.7. The van der Waals surface area contributed by atoms with E-state index >= 15 is 0 Å². The zero-order valence-corrected chi connectivity index (χ0v) is 20.1. The lowest BCUT2D eigenvalue weighted by atomic mass is 9.46. The lowest BCUT2D eigenvalue weighted by Crippen LogP contribution is -2.59. The number of hydrogen-bond acceptors (Lipinski definition) is 5. The van der Waals surface area contributed by atoms with Crippen LogP contribution in [0.15, 0.2) is 11.6 Å². The summed E-state index contributed by atoms with van der Waals surface area (Å²) in [5.74, 6) is 1.12. The van der Waals surface area contributed by atoms with Gasteiger partial charge in [0, 0.05) is 30.3 Å². The first-order valence-corrected chi connectivity index (χ1v) is 13.2. The van der Waals surface area contributed by atoms with Crippen molar-refractivity contribution in [2.75, 3.05) is 13.2 Å². The maximum absolute atomic E-state index is 12.4. The molecule has 6 aliphatic rings. The quantitative estimate of drug-likeness (QED) is 0.534. The first kappa shape index (κ1) is 22.0. The molecule has 180 valence electrons. The van der Waals surface area contributed by atoms with E-state index in [4.69, 9.17) is 9.47 Å². The van der Waals surface area contributed by atoms with Crippen LogP contribution >= 0.6 is 0 Å². The number of allylic oxidation sites excluding steroid dienone is 1. The molecule has 6 rings (SSSR count). The molecule has 0 amide bonds. The molecule has 2 heterocycles. The molecule has 0 unspecified atom stereocenters. The van der Waals surface area contributed by atoms with E-state index in [1.54, 1.807) is 0 Å². The van der Waals surface area contributed by atoms with Crippen LogP contribution in [0.25, 0.3) is 0 Å². The van der Waals surface area contributed by atoms with Crippen molar-refractivity contribution in [1.29, 1.82) is 0 Å². The minimum Gasteiger partial charge on any atom is -0.396 e. The molecule has 2 saturated heterocycles. The highest BCUT2D eigenvalue weighted by Gasteiger charge is 2.76. The Morgan fingerprint density at radius 3 is 2.62 bits per heavy atom. The van der Waals surface area contributed by atoms with Crippen molar-refractivity contribution in [3.8, 4) is 0 Å². The van der Waals surface area contributed by atoms with E-state index in [1.807, 2.05) is 0 Å². The van der Waals surface area contributed by atoms with Crippen molar-refractivity contribution in [2.24, 2.45) is 40.4 Å². The van der Waals surface area contributed by atoms with E-state index in [2.05, 4.69) is 26.8 Å². The maximum Gasteiger partial charge on any atom is 0.174 e. The average molecular weight is 447 g/mol. The van der Waals surface area contributed by atoms with Gasteiger partial charge in [-0.3, -0.25) is 0 Å². The van der Waals surface area contributed by atoms with E-state index in [-0.39, 0.29) is 41.5 Å². The van der Waals surface area contributed by atoms with Gasteiger partial charge in [-0.05, 0) is 74.5 Å². The Kier molecular flexibility index (Phi) is 4.84. The van der Waals surface area contributed by atoms with Gasteiger partial charge in [0.25, 0.3) is 0 Å². The van der Waals surface area contributed by atoms with E-state index < -0.39 is 11.4 Å². The number of aliphatic hydroxyl groups is 3. The van der Waals surface area contributed by atoms with Crippen LogP contribution in [0.4, 0.5) is 0 Å². The summed E-state index contributed by atoms with van der Waals surface area (Å²) in [5.41, 5.74) is 0.691. The first-order chi connectivity index (χ1) is 15.2. The highest BCUT2D eigenvalue weighted by atomic mass is 16.7. The van der Waals surface area contributed by atoms with Crippen LogP contribution in [0.2, 0.25) is 0 Å². The van der Waals surface area contributed by atoms with Crippen molar-refractivity contribution in [3.05, 3.63) is 11.6 Å². The second-order valence-corrected chi connectivity index (χ2v) is 12.7. The van der Waals surface area contributed by atoms with Crippen LogP contribution < -0.4 is 0 Å². The van der Waals surface area contributed by atoms with Gasteiger partial charge in [0.2, 0.25) is 0 Å². The molecule has 5 nitrogen and oxygen atoms in total. The molecule has 0 aromatic carbocycles. The largest absolute Gasteiger partial charge is 0.396 e. The summed E-state index contributed by atoms with van der Waals surface area (Å²) >= 11 is 0. The topological polar surface area (TPSA) is 79.2 Å². The maximum atomic E-state index is 12.4. The highest BCUT2D eigenvalue weighted by Crippen LogP contribution is 2.72. The summed E-state index contributed by atoms with van der Waals surface area (Å²) in [6.07, 6.45) is 10.8. The fourth-order valence-corrected chi connectivity index (χ4v) is 9.66. The molecule has 1 spiro atoms. The normalized spacial score (nSPS) is 59.2. The standard InChI is InChI=1S/C27H42O5/c1-16-26(11-6-17(14-28)15-31-26)32-23-13-22-20-5-4-18-12-19(29)7-9-24(18,2)21(20)8-10-25(22,3)27(16,23)30/h4,16-17,19-23,28-30H,5-15H2,1-3H3/t16-,17+,19+,20-,21+,22+,23+,24+,25+,26-,27-/m1/s1. The van der Waals surface area contributed by atoms with Gasteiger partial charge in [0.05, 0.1) is 18.8 Å². The predicted octanol–water partition coefficient (Wildman–Crippen LogP) is 3.80. The number of aliphatic hydroxyl groups excluding tert-OH is 2. The molecule has 0 bridgehead atoms. The van der Waals surface area contributed by atoms with E-state index in [0.717, 1.165) is 57.8 Å². The molecule has 32 heavy (non-hydrogen) atoms. The van der Waals surface area contributed by atoms with Crippen molar-refractivity contribution in [2.45, 2.75) is 102 Å². The van der Waals surface area contributed by atoms with Crippen LogP contribution in [0.5, 0.6) is 0 Å². The van der Waals surface area contributed by atoms with E-state index in [9.17, 15) is 15.3 Å². The van der Waals surface area contributed by atoms with Crippen LogP contribution in [-0.4, -0.2) is 52.1 Å². The third-order valence-corrected chi connectivity index (χ3v) is 11.7. The lowest BCUT2D eigenvalue weighted by molar-refractivity contribution is -0.277. The molecule has 0 radical (unpaired) electrons. The SMILES string of the molecule is C[C@@H]1[C@@]2(CC[C@@H](CO)CO2)O[C@H]2C[C@H]3[C@@H]4CC=C5C[C@@H](O)CC[C@]5(C)[C@H]4CC[C@]3(C)[C@]21O. The fraction of sp³-hybridized carbons (Fsp3) is 0.926. The fourth-order valence-electron chi connectivity index (χ4n) is 9.66. The summed E-state index contributed by atoms with van der Waals surface area (Å²) in [6, 6.07) is 0. The van der Waals surface area contributed by atoms with Crippen molar-refractivity contribution >= 4 is 0 Å². The third-order valence-electron chi connectivity index (χ3n) is 11.7. The predicted molar refractivity (Wildman–Crippen MR) is 121 cm³/mol. The Labute approximate surface area is 192 Å². The smallest absolute Gasteiger partial charge is 0.174 e. The monoisotopic (exact) mass is 446 g/mol. The molecule has 5 fully saturated rings. The van der Waals surface area contributed by atoms with Gasteiger partial charge in [0.1, 0.15) is 5.60 Å². The number of rotatable bonds is 1. The van der Waals surface area contributed by atoms with Gasteiger partial charge in [-0.1, -0.05) is 32.4 Å². The molecule has 3 N–H and O–H groups in total. The van der Waals surface area contributed by atoms with Gasteiger partial charge in [0.15, 0.2) is 5.79 Å². The molecule has 0 aromatic rings. The summed E-state index contributed by atoms with van der Waals surface area (Å²) in [6.45, 7) is 7.63. The Morgan fingerprint density at radius 1 is 1.09 bits per heavy atom. The van der Waals surface area contributed by atoms with Gasteiger partial charge in [-0.25, -0.2) is 0 Å². The van der Waals surface area contributed by atoms with Crippen LogP contribution in [0, 0.1) is 40.4 Å². The van der Waals surface area contributed by atoms with Crippen LogP contribution in [0.3, 0.4) is 0 Å². The Hall–Kier alpha value is -0.460. The van der Waals surface area contributed by atoms with Gasteiger partial charge in [-0.2, -0.15) is 0 Å².